The molecule has 0 unspecified atom stereocenters. The molecule has 0 radical (unpaired) electrons. The van der Waals surface area contributed by atoms with Crippen molar-refractivity contribution in [2.45, 2.75) is 39.0 Å². The lowest BCUT2D eigenvalue weighted by Crippen LogP contribution is -2.30. The quantitative estimate of drug-likeness (QED) is 0.268. The lowest BCUT2D eigenvalue weighted by molar-refractivity contribution is 0.0650. The van der Waals surface area contributed by atoms with Gasteiger partial charge in [0.1, 0.15) is 0 Å². The summed E-state index contributed by atoms with van der Waals surface area (Å²) >= 11 is 0. The van der Waals surface area contributed by atoms with E-state index in [1.54, 1.807) is 12.1 Å². The topological polar surface area (TPSA) is 74.6 Å². The minimum Gasteiger partial charge on any atom is -0.478 e. The average Bonchev–Trinajstić information content (AvgIpc) is 2.86. The number of hydrogen-bond acceptors (Lipinski definition) is 2. The Balaban J connectivity index is 1.94. The summed E-state index contributed by atoms with van der Waals surface area (Å²) in [5.41, 5.74) is 6.39. The van der Waals surface area contributed by atoms with E-state index in [0.717, 1.165) is 33.4 Å². The molecule has 2 N–H and O–H groups in total. The summed E-state index contributed by atoms with van der Waals surface area (Å²) in [4.78, 5) is 23.9. The van der Waals surface area contributed by atoms with Crippen LogP contribution in [-0.4, -0.2) is 22.2 Å². The summed E-state index contributed by atoms with van der Waals surface area (Å²) in [5, 5.41) is 19.5. The highest BCUT2D eigenvalue weighted by Gasteiger charge is 2.36. The molecule has 4 heteroatoms. The number of carboxylic acids is 2. The van der Waals surface area contributed by atoms with Gasteiger partial charge in [-0.15, -0.1) is 0 Å². The first-order valence-electron chi connectivity index (χ1n) is 12.0. The maximum atomic E-state index is 12.1. The van der Waals surface area contributed by atoms with Crippen molar-refractivity contribution >= 4 is 11.9 Å². The lowest BCUT2D eigenvalue weighted by Gasteiger charge is -2.37. The molecule has 0 atom stereocenters. The second-order valence-corrected chi connectivity index (χ2v) is 9.45. The Labute approximate surface area is 211 Å². The first-order chi connectivity index (χ1) is 17.2. The molecule has 0 aromatic heterocycles. The summed E-state index contributed by atoms with van der Waals surface area (Å²) in [5.74, 6) is -2.47. The maximum Gasteiger partial charge on any atom is 0.336 e. The molecule has 0 aliphatic rings. The number of rotatable bonds is 8. The standard InChI is InChI=1S/C32H30O4/c1-21-7-13-25(14-8-21)32(26-15-9-22(2)10-16-26,27-17-11-23(3)12-18-27)20-19-24-5-4-6-28(30(33)34)29(24)31(35)36/h4-18H,19-20H2,1-3H3,(H,33,34)(H,35,36). The Kier molecular flexibility index (Phi) is 7.07. The molecular weight excluding hydrogens is 448 g/mol. The van der Waals surface area contributed by atoms with E-state index in [1.807, 2.05) is 0 Å². The summed E-state index contributed by atoms with van der Waals surface area (Å²) < 4.78 is 0. The van der Waals surface area contributed by atoms with Gasteiger partial charge in [-0.1, -0.05) is 102 Å². The minimum absolute atomic E-state index is 0.143. The maximum absolute atomic E-state index is 12.1. The zero-order valence-corrected chi connectivity index (χ0v) is 20.8. The van der Waals surface area contributed by atoms with Crippen molar-refractivity contribution in [2.75, 3.05) is 0 Å². The number of aryl methyl sites for hydroxylation is 4. The van der Waals surface area contributed by atoms with Crippen molar-refractivity contribution in [3.63, 3.8) is 0 Å². The van der Waals surface area contributed by atoms with Crippen molar-refractivity contribution < 1.29 is 19.8 Å². The Morgan fingerprint density at radius 3 is 1.39 bits per heavy atom. The van der Waals surface area contributed by atoms with Crippen LogP contribution >= 0.6 is 0 Å². The zero-order chi connectivity index (χ0) is 25.9. The molecule has 4 rings (SSSR count). The molecule has 4 aromatic rings. The van der Waals surface area contributed by atoms with E-state index in [0.29, 0.717) is 18.4 Å². The molecule has 4 aromatic carbocycles. The van der Waals surface area contributed by atoms with E-state index < -0.39 is 17.4 Å². The van der Waals surface area contributed by atoms with E-state index in [1.165, 1.54) is 6.07 Å². The second kappa shape index (κ2) is 10.2. The fraction of sp³-hybridized carbons (Fsp3) is 0.188. The number of hydrogen-bond donors (Lipinski definition) is 2. The molecule has 0 amide bonds. The third-order valence-electron chi connectivity index (χ3n) is 7.00. The van der Waals surface area contributed by atoms with Crippen LogP contribution in [-0.2, 0) is 11.8 Å². The van der Waals surface area contributed by atoms with Crippen molar-refractivity contribution in [3.05, 3.63) is 141 Å². The Morgan fingerprint density at radius 1 is 0.611 bits per heavy atom. The first kappa shape index (κ1) is 24.9. The molecule has 0 fully saturated rings. The molecule has 0 saturated heterocycles. The summed E-state index contributed by atoms with van der Waals surface area (Å²) in [6.45, 7) is 6.17. The fourth-order valence-electron chi connectivity index (χ4n) is 5.01. The lowest BCUT2D eigenvalue weighted by atomic mass is 9.66. The fourth-order valence-corrected chi connectivity index (χ4v) is 5.01. The van der Waals surface area contributed by atoms with Gasteiger partial charge in [0.15, 0.2) is 0 Å². The molecule has 0 saturated carbocycles. The van der Waals surface area contributed by atoms with Crippen LogP contribution in [0, 0.1) is 20.8 Å². The number of aromatic carboxylic acids is 2. The van der Waals surface area contributed by atoms with Gasteiger partial charge in [-0.05, 0) is 61.9 Å². The normalized spacial score (nSPS) is 11.3. The van der Waals surface area contributed by atoms with Crippen LogP contribution in [0.3, 0.4) is 0 Å². The van der Waals surface area contributed by atoms with E-state index in [4.69, 9.17) is 0 Å². The van der Waals surface area contributed by atoms with Crippen molar-refractivity contribution in [3.8, 4) is 0 Å². The van der Waals surface area contributed by atoms with Crippen molar-refractivity contribution in [1.82, 2.24) is 0 Å². The van der Waals surface area contributed by atoms with Crippen molar-refractivity contribution in [2.24, 2.45) is 0 Å². The van der Waals surface area contributed by atoms with E-state index in [9.17, 15) is 19.8 Å². The van der Waals surface area contributed by atoms with Crippen LogP contribution in [0.4, 0.5) is 0 Å². The average molecular weight is 479 g/mol. The van der Waals surface area contributed by atoms with Crippen LogP contribution in [0.5, 0.6) is 0 Å². The molecule has 36 heavy (non-hydrogen) atoms. The van der Waals surface area contributed by atoms with Gasteiger partial charge in [-0.2, -0.15) is 0 Å². The van der Waals surface area contributed by atoms with Crippen LogP contribution in [0.25, 0.3) is 0 Å². The van der Waals surface area contributed by atoms with Crippen molar-refractivity contribution in [1.29, 1.82) is 0 Å². The Hall–Kier alpha value is -4.18. The van der Waals surface area contributed by atoms with Gasteiger partial charge in [-0.25, -0.2) is 9.59 Å². The number of carbonyl (C=O) groups is 2. The zero-order valence-electron chi connectivity index (χ0n) is 20.8. The predicted octanol–water partition coefficient (Wildman–Crippen LogP) is 6.98. The number of carboxylic acid groups (broad SMARTS) is 2. The summed E-state index contributed by atoms with van der Waals surface area (Å²) in [6, 6.07) is 30.1. The highest BCUT2D eigenvalue weighted by atomic mass is 16.4. The van der Waals surface area contributed by atoms with Crippen LogP contribution < -0.4 is 0 Å². The third kappa shape index (κ3) is 4.80. The van der Waals surface area contributed by atoms with Crippen LogP contribution in [0.1, 0.15) is 66.1 Å². The predicted molar refractivity (Wildman–Crippen MR) is 142 cm³/mol. The summed E-state index contributed by atoms with van der Waals surface area (Å²) in [6.07, 6.45) is 0.948. The molecule has 0 aliphatic heterocycles. The van der Waals surface area contributed by atoms with Crippen LogP contribution in [0.15, 0.2) is 91.0 Å². The van der Waals surface area contributed by atoms with Gasteiger partial charge in [-0.3, -0.25) is 0 Å². The van der Waals surface area contributed by atoms with Gasteiger partial charge >= 0.3 is 11.9 Å². The minimum atomic E-state index is -1.24. The SMILES string of the molecule is Cc1ccc(C(CCc2cccc(C(=O)O)c2C(=O)O)(c2ccc(C)cc2)c2ccc(C)cc2)cc1. The molecule has 0 aliphatic carbocycles. The highest BCUT2D eigenvalue weighted by molar-refractivity contribution is 6.02. The highest BCUT2D eigenvalue weighted by Crippen LogP contribution is 2.43. The van der Waals surface area contributed by atoms with E-state index in [2.05, 4.69) is 93.6 Å². The largest absolute Gasteiger partial charge is 0.478 e. The van der Waals surface area contributed by atoms with Gasteiger partial charge in [0.25, 0.3) is 0 Å². The third-order valence-corrected chi connectivity index (χ3v) is 7.00. The van der Waals surface area contributed by atoms with Gasteiger partial charge < -0.3 is 10.2 Å². The first-order valence-corrected chi connectivity index (χ1v) is 12.0. The molecule has 0 spiro atoms. The Morgan fingerprint density at radius 2 is 1.03 bits per heavy atom. The Bertz CT molecular complexity index is 1270. The molecule has 182 valence electrons. The molecule has 0 bridgehead atoms. The second-order valence-electron chi connectivity index (χ2n) is 9.45. The molecule has 0 heterocycles. The van der Waals surface area contributed by atoms with E-state index in [-0.39, 0.29) is 11.1 Å². The number of benzene rings is 4. The molecule has 4 nitrogen and oxygen atoms in total. The smallest absolute Gasteiger partial charge is 0.336 e. The van der Waals surface area contributed by atoms with Crippen LogP contribution in [0.2, 0.25) is 0 Å². The van der Waals surface area contributed by atoms with E-state index >= 15 is 0 Å². The van der Waals surface area contributed by atoms with Gasteiger partial charge in [0.2, 0.25) is 0 Å². The molecular formula is C32H30O4. The van der Waals surface area contributed by atoms with Gasteiger partial charge in [0.05, 0.1) is 11.1 Å². The summed E-state index contributed by atoms with van der Waals surface area (Å²) in [7, 11) is 0. The van der Waals surface area contributed by atoms with Gasteiger partial charge in [0, 0.05) is 5.41 Å². The monoisotopic (exact) mass is 478 g/mol.